The highest BCUT2D eigenvalue weighted by atomic mass is 15.0. The SMILES string of the molecule is C1=CC(c2cccc(-n3c4ccccc4c4cc5c6ccccc6n6c7ccccc7cc6c5cc43)c2)=CCC1. The van der Waals surface area contributed by atoms with E-state index in [2.05, 4.69) is 142 Å². The maximum Gasteiger partial charge on any atom is 0.0548 e. The quantitative estimate of drug-likeness (QED) is 0.205. The number of fused-ring (bicyclic) bond motifs is 11. The number of rotatable bonds is 2. The van der Waals surface area contributed by atoms with Gasteiger partial charge >= 0.3 is 0 Å². The molecule has 1 aliphatic rings. The lowest BCUT2D eigenvalue weighted by molar-refractivity contribution is 1.04. The molecule has 0 N–H and O–H groups in total. The summed E-state index contributed by atoms with van der Waals surface area (Å²) in [6.07, 6.45) is 9.14. The molecule has 0 saturated carbocycles. The van der Waals surface area contributed by atoms with E-state index in [4.69, 9.17) is 0 Å². The molecule has 3 aromatic heterocycles. The van der Waals surface area contributed by atoms with Gasteiger partial charge in [-0.25, -0.2) is 0 Å². The Morgan fingerprint density at radius 1 is 0.475 bits per heavy atom. The van der Waals surface area contributed by atoms with Gasteiger partial charge in [0.1, 0.15) is 0 Å². The van der Waals surface area contributed by atoms with Crippen LogP contribution in [0.25, 0.3) is 71.2 Å². The molecule has 0 aliphatic heterocycles. The number of hydrogen-bond acceptors (Lipinski definition) is 0. The first kappa shape index (κ1) is 21.8. The van der Waals surface area contributed by atoms with Gasteiger partial charge in [0, 0.05) is 32.6 Å². The number of pyridine rings is 1. The second-order valence-corrected chi connectivity index (χ2v) is 10.9. The van der Waals surface area contributed by atoms with Crippen LogP contribution in [0.1, 0.15) is 18.4 Å². The topological polar surface area (TPSA) is 9.34 Å². The largest absolute Gasteiger partial charge is 0.309 e. The fourth-order valence-corrected chi connectivity index (χ4v) is 6.89. The number of benzene rings is 5. The van der Waals surface area contributed by atoms with Crippen LogP contribution in [-0.4, -0.2) is 8.97 Å². The van der Waals surface area contributed by atoms with Gasteiger partial charge in [0.25, 0.3) is 0 Å². The summed E-state index contributed by atoms with van der Waals surface area (Å²) < 4.78 is 4.89. The minimum Gasteiger partial charge on any atom is -0.309 e. The Hall–Kier alpha value is -5.08. The van der Waals surface area contributed by atoms with Crippen molar-refractivity contribution in [2.45, 2.75) is 12.8 Å². The van der Waals surface area contributed by atoms with E-state index in [1.165, 1.54) is 76.7 Å². The van der Waals surface area contributed by atoms with Crippen LogP contribution in [0, 0.1) is 0 Å². The molecule has 0 spiro atoms. The number of nitrogens with zero attached hydrogens (tertiary/aromatic N) is 2. The summed E-state index contributed by atoms with van der Waals surface area (Å²) >= 11 is 0. The zero-order chi connectivity index (χ0) is 26.2. The molecule has 2 nitrogen and oxygen atoms in total. The van der Waals surface area contributed by atoms with E-state index in [1.54, 1.807) is 0 Å². The highest BCUT2D eigenvalue weighted by Gasteiger charge is 2.18. The molecule has 40 heavy (non-hydrogen) atoms. The van der Waals surface area contributed by atoms with Crippen LogP contribution < -0.4 is 0 Å². The van der Waals surface area contributed by atoms with E-state index in [0.29, 0.717) is 0 Å². The molecule has 9 rings (SSSR count). The van der Waals surface area contributed by atoms with Crippen molar-refractivity contribution in [3.8, 4) is 5.69 Å². The second-order valence-electron chi connectivity index (χ2n) is 10.9. The fourth-order valence-electron chi connectivity index (χ4n) is 6.89. The molecule has 3 heterocycles. The molecule has 0 fully saturated rings. The lowest BCUT2D eigenvalue weighted by Crippen LogP contribution is -1.96. The third-order valence-electron chi connectivity index (χ3n) is 8.67. The van der Waals surface area contributed by atoms with Crippen LogP contribution in [0.2, 0.25) is 0 Å². The van der Waals surface area contributed by atoms with Crippen molar-refractivity contribution < 1.29 is 0 Å². The molecule has 5 aromatic carbocycles. The van der Waals surface area contributed by atoms with Gasteiger partial charge in [0.2, 0.25) is 0 Å². The fraction of sp³-hybridized carbons (Fsp3) is 0.0526. The van der Waals surface area contributed by atoms with Gasteiger partial charge in [-0.3, -0.25) is 0 Å². The predicted octanol–water partition coefficient (Wildman–Crippen LogP) is 10.2. The average molecular weight is 511 g/mol. The van der Waals surface area contributed by atoms with Gasteiger partial charge in [0.05, 0.1) is 27.6 Å². The molecule has 0 saturated heterocycles. The lowest BCUT2D eigenvalue weighted by Gasteiger charge is -2.13. The normalized spacial score (nSPS) is 13.8. The van der Waals surface area contributed by atoms with Crippen molar-refractivity contribution in [3.05, 3.63) is 139 Å². The van der Waals surface area contributed by atoms with Crippen molar-refractivity contribution in [3.63, 3.8) is 0 Å². The van der Waals surface area contributed by atoms with Gasteiger partial charge in [-0.15, -0.1) is 0 Å². The minimum absolute atomic E-state index is 1.10. The third-order valence-corrected chi connectivity index (χ3v) is 8.67. The first-order valence-electron chi connectivity index (χ1n) is 14.1. The van der Waals surface area contributed by atoms with Crippen LogP contribution in [0.4, 0.5) is 0 Å². The van der Waals surface area contributed by atoms with Crippen LogP contribution >= 0.6 is 0 Å². The van der Waals surface area contributed by atoms with Gasteiger partial charge in [0.15, 0.2) is 0 Å². The summed E-state index contributed by atoms with van der Waals surface area (Å²) in [6.45, 7) is 0. The van der Waals surface area contributed by atoms with E-state index in [1.807, 2.05) is 0 Å². The van der Waals surface area contributed by atoms with E-state index in [-0.39, 0.29) is 0 Å². The van der Waals surface area contributed by atoms with Crippen molar-refractivity contribution in [2.24, 2.45) is 0 Å². The summed E-state index contributed by atoms with van der Waals surface area (Å²) in [6, 6.07) is 42.6. The van der Waals surface area contributed by atoms with Gasteiger partial charge < -0.3 is 8.97 Å². The van der Waals surface area contributed by atoms with Gasteiger partial charge in [-0.05, 0) is 77.9 Å². The molecular formula is C38H26N2. The van der Waals surface area contributed by atoms with Crippen molar-refractivity contribution in [1.29, 1.82) is 0 Å². The average Bonchev–Trinajstić information content (AvgIpc) is 3.57. The van der Waals surface area contributed by atoms with Crippen LogP contribution in [0.3, 0.4) is 0 Å². The van der Waals surface area contributed by atoms with Crippen molar-refractivity contribution >= 4 is 65.5 Å². The summed E-state index contributed by atoms with van der Waals surface area (Å²) in [5.41, 5.74) is 9.99. The lowest BCUT2D eigenvalue weighted by atomic mass is 9.99. The Kier molecular flexibility index (Phi) is 4.48. The molecular weight excluding hydrogens is 484 g/mol. The maximum atomic E-state index is 2.45. The first-order chi connectivity index (χ1) is 19.8. The van der Waals surface area contributed by atoms with Crippen LogP contribution in [0.15, 0.2) is 133 Å². The molecule has 0 unspecified atom stereocenters. The molecule has 0 atom stereocenters. The highest BCUT2D eigenvalue weighted by molar-refractivity contribution is 6.22. The Balaban J connectivity index is 1.44. The van der Waals surface area contributed by atoms with Crippen LogP contribution in [0.5, 0.6) is 0 Å². The van der Waals surface area contributed by atoms with Crippen molar-refractivity contribution in [1.82, 2.24) is 8.97 Å². The molecule has 8 aromatic rings. The number of allylic oxidation sites excluding steroid dienone is 4. The summed E-state index contributed by atoms with van der Waals surface area (Å²) in [5, 5.41) is 7.69. The molecule has 0 bridgehead atoms. The number of hydrogen-bond donors (Lipinski definition) is 0. The summed E-state index contributed by atoms with van der Waals surface area (Å²) in [7, 11) is 0. The van der Waals surface area contributed by atoms with Crippen LogP contribution in [-0.2, 0) is 0 Å². The monoisotopic (exact) mass is 510 g/mol. The molecule has 1 aliphatic carbocycles. The predicted molar refractivity (Wildman–Crippen MR) is 171 cm³/mol. The standard InChI is InChI=1S/C38H26N2/c1-2-11-25(12-3-1)26-14-10-15-28(21-26)39-35-19-8-6-17-30(35)32-23-31-29-16-5-9-20-36(29)40-34-18-7-4-13-27(34)22-37(40)33(31)24-38(32)39/h2,4-24H,1,3H2. The Morgan fingerprint density at radius 2 is 1.23 bits per heavy atom. The third kappa shape index (κ3) is 2.99. The summed E-state index contributed by atoms with van der Waals surface area (Å²) in [4.78, 5) is 0. The zero-order valence-corrected chi connectivity index (χ0v) is 22.0. The van der Waals surface area contributed by atoms with Gasteiger partial charge in [-0.2, -0.15) is 0 Å². The molecule has 188 valence electrons. The molecule has 0 amide bonds. The zero-order valence-electron chi connectivity index (χ0n) is 22.0. The van der Waals surface area contributed by atoms with E-state index < -0.39 is 0 Å². The van der Waals surface area contributed by atoms with E-state index in [0.717, 1.165) is 12.8 Å². The van der Waals surface area contributed by atoms with Gasteiger partial charge in [-0.1, -0.05) is 85.0 Å². The number of para-hydroxylation sites is 3. The molecule has 0 radical (unpaired) electrons. The highest BCUT2D eigenvalue weighted by Crippen LogP contribution is 2.40. The smallest absolute Gasteiger partial charge is 0.0548 e. The Bertz CT molecular complexity index is 2380. The first-order valence-corrected chi connectivity index (χ1v) is 14.1. The second kappa shape index (κ2) is 8.21. The molecule has 2 heteroatoms. The van der Waals surface area contributed by atoms with E-state index in [9.17, 15) is 0 Å². The Labute approximate surface area is 231 Å². The van der Waals surface area contributed by atoms with E-state index >= 15 is 0 Å². The minimum atomic E-state index is 1.10. The summed E-state index contributed by atoms with van der Waals surface area (Å²) in [5.74, 6) is 0. The maximum absolute atomic E-state index is 2.45. The number of aromatic nitrogens is 2. The Morgan fingerprint density at radius 3 is 2.08 bits per heavy atom. The van der Waals surface area contributed by atoms with Crippen molar-refractivity contribution in [2.75, 3.05) is 0 Å².